The SMILES string of the molecule is CCOC(=O)N1CCN(C(=O)CCNc2cc(C)ccc2OC)CC1. The van der Waals surface area contributed by atoms with E-state index in [1.807, 2.05) is 25.1 Å². The van der Waals surface area contributed by atoms with E-state index in [2.05, 4.69) is 5.32 Å². The number of benzene rings is 1. The summed E-state index contributed by atoms with van der Waals surface area (Å²) in [5, 5.41) is 3.26. The van der Waals surface area contributed by atoms with Crippen LogP contribution in [0.2, 0.25) is 0 Å². The molecule has 1 aliphatic rings. The first-order valence-electron chi connectivity index (χ1n) is 8.63. The molecule has 0 radical (unpaired) electrons. The number of rotatable bonds is 6. The van der Waals surface area contributed by atoms with Crippen LogP contribution in [0.1, 0.15) is 18.9 Å². The molecule has 1 aromatic carbocycles. The minimum atomic E-state index is -0.303. The number of anilines is 1. The van der Waals surface area contributed by atoms with Gasteiger partial charge in [0.2, 0.25) is 5.91 Å². The minimum absolute atomic E-state index is 0.0858. The van der Waals surface area contributed by atoms with Crippen molar-refractivity contribution in [2.24, 2.45) is 0 Å². The number of ether oxygens (including phenoxy) is 2. The standard InChI is InChI=1S/C18H27N3O4/c1-4-25-18(23)21-11-9-20(10-12-21)17(22)7-8-19-15-13-14(2)5-6-16(15)24-3/h5-6,13,19H,4,7-12H2,1-3H3. The van der Waals surface area contributed by atoms with Gasteiger partial charge < -0.3 is 24.6 Å². The molecule has 7 heteroatoms. The molecule has 2 amide bonds. The van der Waals surface area contributed by atoms with Gasteiger partial charge in [-0.3, -0.25) is 4.79 Å². The number of aryl methyl sites for hydroxylation is 1. The van der Waals surface area contributed by atoms with Crippen molar-refractivity contribution in [1.82, 2.24) is 9.80 Å². The predicted molar refractivity (Wildman–Crippen MR) is 96.0 cm³/mol. The van der Waals surface area contributed by atoms with E-state index in [0.29, 0.717) is 45.8 Å². The molecule has 0 aromatic heterocycles. The largest absolute Gasteiger partial charge is 0.495 e. The predicted octanol–water partition coefficient (Wildman–Crippen LogP) is 2.11. The van der Waals surface area contributed by atoms with E-state index in [4.69, 9.17) is 9.47 Å². The number of nitrogens with one attached hydrogen (secondary N) is 1. The van der Waals surface area contributed by atoms with Gasteiger partial charge in [-0.25, -0.2) is 4.79 Å². The van der Waals surface area contributed by atoms with Crippen LogP contribution < -0.4 is 10.1 Å². The van der Waals surface area contributed by atoms with Crippen molar-refractivity contribution < 1.29 is 19.1 Å². The Bertz CT molecular complexity index is 598. The van der Waals surface area contributed by atoms with Crippen molar-refractivity contribution in [1.29, 1.82) is 0 Å². The molecule has 25 heavy (non-hydrogen) atoms. The molecule has 0 saturated carbocycles. The summed E-state index contributed by atoms with van der Waals surface area (Å²) in [5.74, 6) is 0.851. The zero-order valence-electron chi connectivity index (χ0n) is 15.2. The summed E-state index contributed by atoms with van der Waals surface area (Å²) >= 11 is 0. The van der Waals surface area contributed by atoms with Gasteiger partial charge in [0, 0.05) is 39.1 Å². The Morgan fingerprint density at radius 2 is 1.84 bits per heavy atom. The van der Waals surface area contributed by atoms with Gasteiger partial charge in [0.25, 0.3) is 0 Å². The number of hydrogen-bond acceptors (Lipinski definition) is 5. The average molecular weight is 349 g/mol. The van der Waals surface area contributed by atoms with Crippen LogP contribution in [0.15, 0.2) is 18.2 Å². The first-order chi connectivity index (χ1) is 12.0. The van der Waals surface area contributed by atoms with Gasteiger partial charge in [0.15, 0.2) is 0 Å². The van der Waals surface area contributed by atoms with Crippen LogP contribution in [0.5, 0.6) is 5.75 Å². The molecule has 1 aromatic rings. The zero-order valence-corrected chi connectivity index (χ0v) is 15.2. The van der Waals surface area contributed by atoms with E-state index < -0.39 is 0 Å². The van der Waals surface area contributed by atoms with Crippen LogP contribution in [0.25, 0.3) is 0 Å². The van der Waals surface area contributed by atoms with Gasteiger partial charge in [0.1, 0.15) is 5.75 Å². The second-order valence-electron chi connectivity index (χ2n) is 5.95. The van der Waals surface area contributed by atoms with Crippen LogP contribution >= 0.6 is 0 Å². The first-order valence-corrected chi connectivity index (χ1v) is 8.63. The Kier molecular flexibility index (Phi) is 6.91. The van der Waals surface area contributed by atoms with Crippen molar-refractivity contribution >= 4 is 17.7 Å². The summed E-state index contributed by atoms with van der Waals surface area (Å²) in [6.45, 7) is 6.83. The molecule has 0 bridgehead atoms. The molecule has 0 spiro atoms. The molecule has 1 heterocycles. The first kappa shape index (κ1) is 18.9. The molecular weight excluding hydrogens is 322 g/mol. The number of carbonyl (C=O) groups excluding carboxylic acids is 2. The van der Waals surface area contributed by atoms with Gasteiger partial charge in [-0.2, -0.15) is 0 Å². The monoisotopic (exact) mass is 349 g/mol. The highest BCUT2D eigenvalue weighted by atomic mass is 16.6. The Balaban J connectivity index is 1.76. The fraction of sp³-hybridized carbons (Fsp3) is 0.556. The fourth-order valence-corrected chi connectivity index (χ4v) is 2.78. The third kappa shape index (κ3) is 5.27. The van der Waals surface area contributed by atoms with E-state index in [-0.39, 0.29) is 12.0 Å². The molecule has 0 aliphatic carbocycles. The molecule has 2 rings (SSSR count). The number of methoxy groups -OCH3 is 1. The highest BCUT2D eigenvalue weighted by molar-refractivity contribution is 5.77. The lowest BCUT2D eigenvalue weighted by Crippen LogP contribution is -2.50. The quantitative estimate of drug-likeness (QED) is 0.852. The maximum Gasteiger partial charge on any atom is 0.409 e. The Morgan fingerprint density at radius 3 is 2.48 bits per heavy atom. The van der Waals surface area contributed by atoms with Crippen molar-refractivity contribution in [2.75, 3.05) is 51.8 Å². The van der Waals surface area contributed by atoms with Crippen LogP contribution in [-0.4, -0.2) is 68.2 Å². The lowest BCUT2D eigenvalue weighted by Gasteiger charge is -2.34. The van der Waals surface area contributed by atoms with Gasteiger partial charge in [-0.15, -0.1) is 0 Å². The van der Waals surface area contributed by atoms with Gasteiger partial charge >= 0.3 is 6.09 Å². The second kappa shape index (κ2) is 9.15. The highest BCUT2D eigenvalue weighted by Gasteiger charge is 2.24. The van der Waals surface area contributed by atoms with Crippen LogP contribution in [0.4, 0.5) is 10.5 Å². The number of amides is 2. The van der Waals surface area contributed by atoms with Crippen molar-refractivity contribution in [3.8, 4) is 5.75 Å². The molecule has 0 atom stereocenters. The van der Waals surface area contributed by atoms with Crippen molar-refractivity contribution in [2.45, 2.75) is 20.3 Å². The molecule has 138 valence electrons. The molecule has 1 saturated heterocycles. The topological polar surface area (TPSA) is 71.1 Å². The third-order valence-corrected chi connectivity index (χ3v) is 4.17. The normalized spacial score (nSPS) is 14.2. The van der Waals surface area contributed by atoms with E-state index in [9.17, 15) is 9.59 Å². The smallest absolute Gasteiger partial charge is 0.409 e. The number of nitrogens with zero attached hydrogens (tertiary/aromatic N) is 2. The van der Waals surface area contributed by atoms with Crippen molar-refractivity contribution in [3.05, 3.63) is 23.8 Å². The van der Waals surface area contributed by atoms with E-state index in [0.717, 1.165) is 17.0 Å². The molecule has 1 fully saturated rings. The number of piperazine rings is 1. The molecular formula is C18H27N3O4. The van der Waals surface area contributed by atoms with E-state index in [1.54, 1.807) is 23.8 Å². The van der Waals surface area contributed by atoms with E-state index >= 15 is 0 Å². The van der Waals surface area contributed by atoms with Gasteiger partial charge in [-0.1, -0.05) is 6.07 Å². The summed E-state index contributed by atoms with van der Waals surface area (Å²) in [5.41, 5.74) is 2.02. The summed E-state index contributed by atoms with van der Waals surface area (Å²) in [7, 11) is 1.63. The Labute approximate surface area is 148 Å². The Hall–Kier alpha value is -2.44. The maximum atomic E-state index is 12.3. The lowest BCUT2D eigenvalue weighted by molar-refractivity contribution is -0.132. The molecule has 7 nitrogen and oxygen atoms in total. The zero-order chi connectivity index (χ0) is 18.2. The van der Waals surface area contributed by atoms with E-state index in [1.165, 1.54) is 0 Å². The summed E-state index contributed by atoms with van der Waals surface area (Å²) in [4.78, 5) is 27.4. The van der Waals surface area contributed by atoms with Crippen LogP contribution in [-0.2, 0) is 9.53 Å². The summed E-state index contributed by atoms with van der Waals surface area (Å²) in [6.07, 6.45) is 0.0964. The Morgan fingerprint density at radius 1 is 1.16 bits per heavy atom. The van der Waals surface area contributed by atoms with Crippen LogP contribution in [0, 0.1) is 6.92 Å². The van der Waals surface area contributed by atoms with Gasteiger partial charge in [-0.05, 0) is 31.5 Å². The average Bonchev–Trinajstić information content (AvgIpc) is 2.62. The minimum Gasteiger partial charge on any atom is -0.495 e. The number of hydrogen-bond donors (Lipinski definition) is 1. The molecule has 1 aliphatic heterocycles. The molecule has 0 unspecified atom stereocenters. The highest BCUT2D eigenvalue weighted by Crippen LogP contribution is 2.25. The fourth-order valence-electron chi connectivity index (χ4n) is 2.78. The summed E-state index contributed by atoms with van der Waals surface area (Å²) < 4.78 is 10.3. The van der Waals surface area contributed by atoms with Gasteiger partial charge in [0.05, 0.1) is 19.4 Å². The molecule has 1 N–H and O–H groups in total. The third-order valence-electron chi connectivity index (χ3n) is 4.17. The van der Waals surface area contributed by atoms with Crippen LogP contribution in [0.3, 0.4) is 0 Å². The second-order valence-corrected chi connectivity index (χ2v) is 5.95. The van der Waals surface area contributed by atoms with Crippen molar-refractivity contribution in [3.63, 3.8) is 0 Å². The lowest BCUT2D eigenvalue weighted by atomic mass is 10.2. The number of carbonyl (C=O) groups is 2. The summed E-state index contributed by atoms with van der Waals surface area (Å²) in [6, 6.07) is 5.90. The maximum absolute atomic E-state index is 12.3.